The topological polar surface area (TPSA) is 67.4 Å². The number of sulfonamides is 1. The summed E-state index contributed by atoms with van der Waals surface area (Å²) in [5, 5.41) is 6.09. The molecule has 4 aromatic rings. The van der Waals surface area contributed by atoms with Gasteiger partial charge >= 0.3 is 0 Å². The van der Waals surface area contributed by atoms with E-state index in [0.717, 1.165) is 29.0 Å². The van der Waals surface area contributed by atoms with E-state index >= 15 is 0 Å². The molecule has 0 saturated heterocycles. The molecule has 6 heteroatoms. The monoisotopic (exact) mass is 482 g/mol. The molecule has 0 aromatic heterocycles. The molecule has 0 bridgehead atoms. The quantitative estimate of drug-likeness (QED) is 0.320. The number of hydrogen-bond acceptors (Lipinski definition) is 4. The van der Waals surface area contributed by atoms with Gasteiger partial charge in [0.25, 0.3) is 10.0 Å². The first-order valence-corrected chi connectivity index (χ1v) is 13.2. The van der Waals surface area contributed by atoms with Gasteiger partial charge in [-0.15, -0.1) is 0 Å². The van der Waals surface area contributed by atoms with E-state index in [1.54, 1.807) is 25.3 Å². The second kappa shape index (κ2) is 8.47. The van der Waals surface area contributed by atoms with Crippen molar-refractivity contribution in [3.63, 3.8) is 0 Å². The third-order valence-electron chi connectivity index (χ3n) is 7.13. The molecule has 5 nitrogen and oxygen atoms in total. The lowest BCUT2D eigenvalue weighted by Gasteiger charge is -2.38. The second-order valence-corrected chi connectivity index (χ2v) is 10.8. The maximum atomic E-state index is 13.1. The van der Waals surface area contributed by atoms with E-state index in [0.29, 0.717) is 5.69 Å². The fraction of sp³-hybridized carbons (Fsp3) is 0.172. The first-order valence-electron chi connectivity index (χ1n) is 11.8. The van der Waals surface area contributed by atoms with Crippen molar-refractivity contribution >= 4 is 32.2 Å². The number of allylic oxidation sites excluding steroid dienone is 2. The van der Waals surface area contributed by atoms with Crippen LogP contribution in [0.15, 0.2) is 102 Å². The number of methoxy groups -OCH3 is 1. The fourth-order valence-corrected chi connectivity index (χ4v) is 6.61. The number of para-hydroxylation sites is 1. The third kappa shape index (κ3) is 3.74. The van der Waals surface area contributed by atoms with Gasteiger partial charge < -0.3 is 10.1 Å². The lowest BCUT2D eigenvalue weighted by molar-refractivity contribution is 0.383. The molecule has 1 aliphatic carbocycles. The van der Waals surface area contributed by atoms with Crippen molar-refractivity contribution in [1.29, 1.82) is 0 Å². The number of fused-ring (bicyclic) bond motifs is 4. The molecule has 0 saturated carbocycles. The molecule has 0 radical (unpaired) electrons. The Balaban J connectivity index is 1.42. The standard InChI is InChI=1S/C29H26N2O3S/c1-34-27-17-14-19-8-5-6-11-22(19)28(27)29-24-13-7-12-23(24)25-18-21(15-16-26(25)30-29)35(32,33)31-20-9-3-2-4-10-20/h2-12,14-18,23-24,29-31H,13H2,1H3. The molecule has 0 fully saturated rings. The Kier molecular flexibility index (Phi) is 5.26. The Morgan fingerprint density at radius 1 is 0.943 bits per heavy atom. The summed E-state index contributed by atoms with van der Waals surface area (Å²) in [5.74, 6) is 1.23. The van der Waals surface area contributed by atoms with Gasteiger partial charge in [0.1, 0.15) is 5.75 Å². The number of nitrogens with one attached hydrogen (secondary N) is 2. The molecule has 1 heterocycles. The van der Waals surface area contributed by atoms with E-state index in [9.17, 15) is 8.42 Å². The molecular formula is C29H26N2O3S. The molecule has 0 spiro atoms. The second-order valence-electron chi connectivity index (χ2n) is 9.10. The number of hydrogen-bond donors (Lipinski definition) is 2. The smallest absolute Gasteiger partial charge is 0.261 e. The van der Waals surface area contributed by atoms with Gasteiger partial charge in [-0.05, 0) is 65.1 Å². The van der Waals surface area contributed by atoms with Gasteiger partial charge in [0.15, 0.2) is 0 Å². The number of rotatable bonds is 5. The van der Waals surface area contributed by atoms with Crippen LogP contribution in [-0.4, -0.2) is 15.5 Å². The zero-order chi connectivity index (χ0) is 24.0. The number of ether oxygens (including phenoxy) is 1. The average molecular weight is 483 g/mol. The van der Waals surface area contributed by atoms with Gasteiger partial charge in [-0.2, -0.15) is 0 Å². The van der Waals surface area contributed by atoms with Crippen LogP contribution in [-0.2, 0) is 10.0 Å². The maximum Gasteiger partial charge on any atom is 0.261 e. The highest BCUT2D eigenvalue weighted by molar-refractivity contribution is 7.92. The lowest BCUT2D eigenvalue weighted by Crippen LogP contribution is -2.30. The van der Waals surface area contributed by atoms with Crippen LogP contribution < -0.4 is 14.8 Å². The molecule has 3 atom stereocenters. The van der Waals surface area contributed by atoms with E-state index in [-0.39, 0.29) is 22.8 Å². The number of benzene rings is 4. The van der Waals surface area contributed by atoms with Crippen molar-refractivity contribution in [2.75, 3.05) is 17.1 Å². The first-order chi connectivity index (χ1) is 17.0. The third-order valence-corrected chi connectivity index (χ3v) is 8.51. The molecule has 1 aliphatic heterocycles. The van der Waals surface area contributed by atoms with Crippen LogP contribution in [0.5, 0.6) is 5.75 Å². The molecule has 2 aliphatic rings. The van der Waals surface area contributed by atoms with Crippen LogP contribution in [0.1, 0.15) is 29.5 Å². The van der Waals surface area contributed by atoms with Crippen LogP contribution in [0.2, 0.25) is 0 Å². The van der Waals surface area contributed by atoms with Crippen molar-refractivity contribution in [2.45, 2.75) is 23.3 Å². The summed E-state index contributed by atoms with van der Waals surface area (Å²) in [7, 11) is -1.99. The van der Waals surface area contributed by atoms with Gasteiger partial charge in [0.2, 0.25) is 0 Å². The van der Waals surface area contributed by atoms with Crippen LogP contribution >= 0.6 is 0 Å². The van der Waals surface area contributed by atoms with Gasteiger partial charge in [-0.25, -0.2) is 8.42 Å². The summed E-state index contributed by atoms with van der Waals surface area (Å²) in [6, 6.07) is 26.9. The summed E-state index contributed by atoms with van der Waals surface area (Å²) in [5.41, 5.74) is 3.66. The molecule has 176 valence electrons. The summed E-state index contributed by atoms with van der Waals surface area (Å²) in [6.07, 6.45) is 5.34. The molecule has 2 N–H and O–H groups in total. The molecule has 6 rings (SSSR count). The van der Waals surface area contributed by atoms with Gasteiger partial charge in [-0.1, -0.05) is 60.7 Å². The van der Waals surface area contributed by atoms with Crippen LogP contribution in [0.25, 0.3) is 10.8 Å². The van der Waals surface area contributed by atoms with Crippen LogP contribution in [0, 0.1) is 5.92 Å². The van der Waals surface area contributed by atoms with Crippen molar-refractivity contribution < 1.29 is 13.2 Å². The van der Waals surface area contributed by atoms with E-state index < -0.39 is 10.0 Å². The zero-order valence-electron chi connectivity index (χ0n) is 19.3. The summed E-state index contributed by atoms with van der Waals surface area (Å²) >= 11 is 0. The Hall–Kier alpha value is -3.77. The molecular weight excluding hydrogens is 456 g/mol. The van der Waals surface area contributed by atoms with Crippen LogP contribution in [0.4, 0.5) is 11.4 Å². The molecule has 4 aromatic carbocycles. The zero-order valence-corrected chi connectivity index (χ0v) is 20.1. The van der Waals surface area contributed by atoms with Gasteiger partial charge in [-0.3, -0.25) is 4.72 Å². The predicted molar refractivity (Wildman–Crippen MR) is 141 cm³/mol. The Labute approximate surface area is 205 Å². The molecule has 3 unspecified atom stereocenters. The highest BCUT2D eigenvalue weighted by atomic mass is 32.2. The number of anilines is 2. The predicted octanol–water partition coefficient (Wildman–Crippen LogP) is 6.48. The minimum absolute atomic E-state index is 0.0356. The van der Waals surface area contributed by atoms with Crippen molar-refractivity contribution in [1.82, 2.24) is 0 Å². The van der Waals surface area contributed by atoms with E-state index in [2.05, 4.69) is 46.5 Å². The van der Waals surface area contributed by atoms with Gasteiger partial charge in [0, 0.05) is 22.9 Å². The molecule has 0 amide bonds. The fourth-order valence-electron chi connectivity index (χ4n) is 5.52. The van der Waals surface area contributed by atoms with E-state index in [4.69, 9.17) is 4.74 Å². The largest absolute Gasteiger partial charge is 0.496 e. The minimum Gasteiger partial charge on any atom is -0.496 e. The van der Waals surface area contributed by atoms with Crippen molar-refractivity contribution in [3.05, 3.63) is 108 Å². The van der Waals surface area contributed by atoms with Crippen molar-refractivity contribution in [2.24, 2.45) is 5.92 Å². The summed E-state index contributed by atoms with van der Waals surface area (Å²) in [6.45, 7) is 0. The first kappa shape index (κ1) is 21.7. The normalized spacial score (nSPS) is 20.7. The van der Waals surface area contributed by atoms with Gasteiger partial charge in [0.05, 0.1) is 18.0 Å². The van der Waals surface area contributed by atoms with E-state index in [1.807, 2.05) is 42.5 Å². The summed E-state index contributed by atoms with van der Waals surface area (Å²) < 4.78 is 34.8. The SMILES string of the molecule is COc1ccc2ccccc2c1C1Nc2ccc(S(=O)(=O)Nc3ccccc3)cc2C2C=CCC21. The molecule has 35 heavy (non-hydrogen) atoms. The van der Waals surface area contributed by atoms with Crippen LogP contribution in [0.3, 0.4) is 0 Å². The maximum absolute atomic E-state index is 13.1. The Bertz CT molecular complexity index is 1550. The average Bonchev–Trinajstić information content (AvgIpc) is 3.38. The lowest BCUT2D eigenvalue weighted by atomic mass is 9.76. The Morgan fingerprint density at radius 2 is 1.74 bits per heavy atom. The minimum atomic E-state index is -3.70. The summed E-state index contributed by atoms with van der Waals surface area (Å²) in [4.78, 5) is 0.266. The van der Waals surface area contributed by atoms with E-state index in [1.165, 1.54) is 10.8 Å². The highest BCUT2D eigenvalue weighted by Gasteiger charge is 2.40. The Morgan fingerprint density at radius 3 is 2.57 bits per heavy atom. The van der Waals surface area contributed by atoms with Crippen molar-refractivity contribution in [3.8, 4) is 5.75 Å². The highest BCUT2D eigenvalue weighted by Crippen LogP contribution is 2.52.